The van der Waals surface area contributed by atoms with Crippen molar-refractivity contribution in [2.24, 2.45) is 0 Å². The first-order valence-electron chi connectivity index (χ1n) is 8.83. The highest BCUT2D eigenvalue weighted by Crippen LogP contribution is 2.31. The number of amides is 4. The highest BCUT2D eigenvalue weighted by molar-refractivity contribution is 7.85. The van der Waals surface area contributed by atoms with Gasteiger partial charge in [0.05, 0.1) is 52.2 Å². The molecule has 11 heteroatoms. The van der Waals surface area contributed by atoms with Gasteiger partial charge in [-0.25, -0.2) is 0 Å². The summed E-state index contributed by atoms with van der Waals surface area (Å²) in [5.74, 6) is -3.58. The highest BCUT2D eigenvalue weighted by atomic mass is 32.2. The normalized spacial score (nSPS) is 19.9. The number of benzene rings is 1. The Morgan fingerprint density at radius 2 is 1.97 bits per heavy atom. The van der Waals surface area contributed by atoms with E-state index >= 15 is 0 Å². The number of carboxylic acids is 1. The van der Waals surface area contributed by atoms with Gasteiger partial charge in [-0.1, -0.05) is 6.07 Å². The lowest BCUT2D eigenvalue weighted by atomic mass is 10.0. The highest BCUT2D eigenvalue weighted by Gasteiger charge is 2.45. The molecule has 0 radical (unpaired) electrons. The molecule has 4 amide bonds. The molecule has 0 aliphatic carbocycles. The Morgan fingerprint density at radius 1 is 1.21 bits per heavy atom. The molecular weight excluding hydrogens is 404 g/mol. The first kappa shape index (κ1) is 20.8. The Labute approximate surface area is 167 Å². The van der Waals surface area contributed by atoms with E-state index < -0.39 is 46.4 Å². The Balaban J connectivity index is 1.76. The third kappa shape index (κ3) is 4.25. The molecule has 1 aromatic rings. The molecule has 2 atom stereocenters. The van der Waals surface area contributed by atoms with Crippen molar-refractivity contribution in [3.63, 3.8) is 0 Å². The quantitative estimate of drug-likeness (QED) is 0.428. The van der Waals surface area contributed by atoms with Gasteiger partial charge in [0, 0.05) is 6.42 Å². The van der Waals surface area contributed by atoms with Gasteiger partial charge in [-0.05, 0) is 18.6 Å². The number of carbonyl (C=O) groups is 5. The summed E-state index contributed by atoms with van der Waals surface area (Å²) in [4.78, 5) is 60.5. The van der Waals surface area contributed by atoms with Gasteiger partial charge in [0.1, 0.15) is 6.04 Å². The zero-order valence-corrected chi connectivity index (χ0v) is 16.0. The van der Waals surface area contributed by atoms with Crippen molar-refractivity contribution in [1.29, 1.82) is 0 Å². The lowest BCUT2D eigenvalue weighted by molar-refractivity contribution is -0.138. The molecule has 0 aromatic heterocycles. The minimum atomic E-state index is -1.68. The van der Waals surface area contributed by atoms with Gasteiger partial charge in [0.2, 0.25) is 11.8 Å². The first-order chi connectivity index (χ1) is 13.8. The van der Waals surface area contributed by atoms with Gasteiger partial charge in [-0.15, -0.1) is 0 Å². The fraction of sp³-hybridized carbons (Fsp3) is 0.389. The van der Waals surface area contributed by atoms with Crippen molar-refractivity contribution in [2.75, 3.05) is 19.0 Å². The molecule has 2 unspecified atom stereocenters. The van der Waals surface area contributed by atoms with E-state index in [1.165, 1.54) is 18.2 Å². The van der Waals surface area contributed by atoms with Crippen molar-refractivity contribution < 1.29 is 38.0 Å². The number of hydrogen-bond donors (Lipinski definition) is 2. The van der Waals surface area contributed by atoms with Crippen LogP contribution in [0.5, 0.6) is 0 Å². The van der Waals surface area contributed by atoms with Gasteiger partial charge in [0.15, 0.2) is 0 Å². The third-order valence-corrected chi connectivity index (χ3v) is 5.92. The first-order valence-corrected chi connectivity index (χ1v) is 10.2. The molecule has 154 valence electrons. The molecule has 1 fully saturated rings. The summed E-state index contributed by atoms with van der Waals surface area (Å²) in [6, 6.07) is 3.29. The molecule has 3 rings (SSSR count). The summed E-state index contributed by atoms with van der Waals surface area (Å²) in [6.45, 7) is -0.0112. The van der Waals surface area contributed by atoms with Crippen molar-refractivity contribution in [3.05, 3.63) is 29.3 Å². The Hall–Kier alpha value is -2.92. The van der Waals surface area contributed by atoms with Crippen molar-refractivity contribution >= 4 is 40.4 Å². The number of piperidine rings is 1. The number of hydrogen-bond acceptors (Lipinski definition) is 7. The number of carbonyl (C=O) groups excluding carboxylic acids is 4. The molecule has 1 aromatic carbocycles. The van der Waals surface area contributed by atoms with Gasteiger partial charge in [0.25, 0.3) is 11.8 Å². The molecule has 0 saturated carbocycles. The van der Waals surface area contributed by atoms with E-state index in [9.17, 15) is 28.2 Å². The van der Waals surface area contributed by atoms with Gasteiger partial charge < -0.3 is 9.84 Å². The second-order valence-electron chi connectivity index (χ2n) is 6.43. The van der Waals surface area contributed by atoms with Crippen LogP contribution in [0.3, 0.4) is 0 Å². The fourth-order valence-electron chi connectivity index (χ4n) is 3.18. The molecule has 10 nitrogen and oxygen atoms in total. The standard InChI is InChI=1S/C18H18N2O8S/c21-13-5-4-11(16(24)19-13)20-17(25)10-2-1-3-12(15(10)18(20)26)29(27)9-8-28-7-6-14(22)23/h1-3,11H,4-9H2,(H,22,23)(H,19,21,24). The van der Waals surface area contributed by atoms with Crippen LogP contribution in [0.1, 0.15) is 40.0 Å². The van der Waals surface area contributed by atoms with E-state index in [0.717, 1.165) is 4.90 Å². The van der Waals surface area contributed by atoms with Crippen LogP contribution < -0.4 is 5.32 Å². The molecule has 1 saturated heterocycles. The van der Waals surface area contributed by atoms with Crippen LogP contribution in [0.4, 0.5) is 0 Å². The average molecular weight is 422 g/mol. The Bertz CT molecular complexity index is 928. The second kappa shape index (κ2) is 8.62. The molecule has 0 bridgehead atoms. The molecule has 2 aliphatic heterocycles. The number of rotatable bonds is 8. The van der Waals surface area contributed by atoms with E-state index in [-0.39, 0.29) is 54.3 Å². The maximum Gasteiger partial charge on any atom is 0.305 e. The fourth-order valence-corrected chi connectivity index (χ4v) is 4.32. The lowest BCUT2D eigenvalue weighted by Crippen LogP contribution is -2.54. The number of ether oxygens (including phenoxy) is 1. The minimum Gasteiger partial charge on any atom is -0.481 e. The minimum absolute atomic E-state index is 0.00988. The molecule has 2 aliphatic rings. The zero-order chi connectivity index (χ0) is 21.1. The van der Waals surface area contributed by atoms with Crippen LogP contribution in [-0.2, 0) is 29.9 Å². The van der Waals surface area contributed by atoms with E-state index in [1.54, 1.807) is 0 Å². The van der Waals surface area contributed by atoms with Crippen molar-refractivity contribution in [2.45, 2.75) is 30.2 Å². The number of fused-ring (bicyclic) bond motifs is 1. The predicted molar refractivity (Wildman–Crippen MR) is 97.5 cm³/mol. The molecule has 2 heterocycles. The Morgan fingerprint density at radius 3 is 2.66 bits per heavy atom. The molecule has 0 spiro atoms. The molecular formula is C18H18N2O8S. The van der Waals surface area contributed by atoms with Crippen molar-refractivity contribution in [1.82, 2.24) is 10.2 Å². The smallest absolute Gasteiger partial charge is 0.305 e. The number of nitrogens with one attached hydrogen (secondary N) is 1. The van der Waals surface area contributed by atoms with Crippen LogP contribution in [0, 0.1) is 0 Å². The van der Waals surface area contributed by atoms with Crippen LogP contribution in [0.15, 0.2) is 23.1 Å². The van der Waals surface area contributed by atoms with Crippen molar-refractivity contribution in [3.8, 4) is 0 Å². The summed E-state index contributed by atoms with van der Waals surface area (Å²) >= 11 is 0. The number of nitrogens with zero attached hydrogens (tertiary/aromatic N) is 1. The second-order valence-corrected chi connectivity index (χ2v) is 7.97. The summed E-state index contributed by atoms with van der Waals surface area (Å²) in [5, 5.41) is 10.7. The Kier molecular flexibility index (Phi) is 6.18. The number of aliphatic carboxylic acids is 1. The SMILES string of the molecule is O=C(O)CCOCCS(=O)c1cccc2c1C(=O)N(C1CCC(=O)NC1=O)C2=O. The summed E-state index contributed by atoms with van der Waals surface area (Å²) < 4.78 is 17.8. The van der Waals surface area contributed by atoms with Crippen LogP contribution in [0.2, 0.25) is 0 Å². The monoisotopic (exact) mass is 422 g/mol. The van der Waals surface area contributed by atoms with Crippen LogP contribution in [0.25, 0.3) is 0 Å². The van der Waals surface area contributed by atoms with Gasteiger partial charge in [-0.3, -0.25) is 38.4 Å². The molecule has 29 heavy (non-hydrogen) atoms. The maximum atomic E-state index is 12.9. The zero-order valence-electron chi connectivity index (χ0n) is 15.2. The maximum absolute atomic E-state index is 12.9. The van der Waals surface area contributed by atoms with Crippen LogP contribution in [-0.4, -0.2) is 68.8 Å². The van der Waals surface area contributed by atoms with E-state index in [2.05, 4.69) is 5.32 Å². The summed E-state index contributed by atoms with van der Waals surface area (Å²) in [7, 11) is -1.68. The van der Waals surface area contributed by atoms with Gasteiger partial charge >= 0.3 is 5.97 Å². The third-order valence-electron chi connectivity index (χ3n) is 4.55. The topological polar surface area (TPSA) is 147 Å². The number of imide groups is 2. The number of carboxylic acid groups (broad SMARTS) is 1. The lowest BCUT2D eigenvalue weighted by Gasteiger charge is -2.27. The predicted octanol–water partition coefficient (Wildman–Crippen LogP) is -0.313. The van der Waals surface area contributed by atoms with E-state index in [1.807, 2.05) is 0 Å². The largest absolute Gasteiger partial charge is 0.481 e. The van der Waals surface area contributed by atoms with Crippen LogP contribution >= 0.6 is 0 Å². The summed E-state index contributed by atoms with van der Waals surface area (Å²) in [6.07, 6.45) is -0.135. The average Bonchev–Trinajstić information content (AvgIpc) is 2.92. The molecule has 2 N–H and O–H groups in total. The van der Waals surface area contributed by atoms with E-state index in [0.29, 0.717) is 0 Å². The van der Waals surface area contributed by atoms with Gasteiger partial charge in [-0.2, -0.15) is 0 Å². The van der Waals surface area contributed by atoms with E-state index in [4.69, 9.17) is 9.84 Å². The summed E-state index contributed by atoms with van der Waals surface area (Å²) in [5.41, 5.74) is 0.0309.